The molecule has 21 aromatic carbocycles. The number of para-hydroxylation sites is 1. The second-order valence-electron chi connectivity index (χ2n) is 36.0. The van der Waals surface area contributed by atoms with E-state index in [1.807, 2.05) is 174 Å². The molecule has 2 aliphatic rings. The molecule has 0 aliphatic heterocycles. The minimum atomic E-state index is -0.457. The molecule has 0 unspecified atom stereocenters. The van der Waals surface area contributed by atoms with Gasteiger partial charge in [0, 0.05) is 112 Å². The van der Waals surface area contributed by atoms with E-state index in [0.717, 1.165) is 99.3 Å². The maximum Gasteiger partial charge on any atom is 0.164 e. The van der Waals surface area contributed by atoms with E-state index < -0.39 is 5.41 Å². The molecule has 29 rings (SSSR count). The van der Waals surface area contributed by atoms with Gasteiger partial charge >= 0.3 is 0 Å². The van der Waals surface area contributed by atoms with Crippen LogP contribution in [-0.4, -0.2) is 44.9 Å². The zero-order chi connectivity index (χ0) is 93.7. The van der Waals surface area contributed by atoms with Gasteiger partial charge in [-0.3, -0.25) is 0 Å². The van der Waals surface area contributed by atoms with Crippen molar-refractivity contribution in [2.24, 2.45) is 0 Å². The molecular weight excluding hydrogens is 1770 g/mol. The number of rotatable bonds is 12. The highest BCUT2D eigenvalue weighted by atomic mass is 32.1. The fraction of sp³-hybridized carbons (Fsp3) is 0.00769. The van der Waals surface area contributed by atoms with E-state index in [1.54, 1.807) is 0 Å². The van der Waals surface area contributed by atoms with Gasteiger partial charge in [-0.15, -0.1) is 22.7 Å². The normalized spacial score (nSPS) is 12.1. The van der Waals surface area contributed by atoms with E-state index in [0.29, 0.717) is 52.4 Å². The van der Waals surface area contributed by atoms with Gasteiger partial charge in [0.2, 0.25) is 0 Å². The van der Waals surface area contributed by atoms with Crippen LogP contribution in [0.4, 0.5) is 0 Å². The zero-order valence-electron chi connectivity index (χ0n) is 76.4. The largest absolute Gasteiger partial charge is 0.455 e. The lowest BCUT2D eigenvalue weighted by molar-refractivity contribution is 0.672. The molecule has 0 fully saturated rings. The zero-order valence-corrected chi connectivity index (χ0v) is 78.0. The number of aromatic nitrogens is 9. The van der Waals surface area contributed by atoms with Crippen molar-refractivity contribution in [3.8, 4) is 158 Å². The summed E-state index contributed by atoms with van der Waals surface area (Å²) in [6.07, 6.45) is 0. The van der Waals surface area contributed by atoms with Gasteiger partial charge in [-0.05, 0) is 136 Å². The monoisotopic (exact) mass is 1850 g/mol. The van der Waals surface area contributed by atoms with Gasteiger partial charge in [-0.25, -0.2) is 44.9 Å². The minimum Gasteiger partial charge on any atom is -0.455 e. The van der Waals surface area contributed by atoms with E-state index >= 15 is 0 Å². The first-order valence-electron chi connectivity index (χ1n) is 47.7. The Morgan fingerprint density at radius 3 is 1.03 bits per heavy atom. The van der Waals surface area contributed by atoms with Crippen molar-refractivity contribution < 1.29 is 4.42 Å². The maximum absolute atomic E-state index is 6.41. The summed E-state index contributed by atoms with van der Waals surface area (Å²) in [5, 5.41) is 14.4. The van der Waals surface area contributed by atoms with Crippen LogP contribution in [0, 0.1) is 0 Å². The fourth-order valence-corrected chi connectivity index (χ4v) is 23.8. The Morgan fingerprint density at radius 1 is 0.162 bits per heavy atom. The molecule has 27 aromatic rings. The summed E-state index contributed by atoms with van der Waals surface area (Å²) in [4.78, 5) is 45.1. The van der Waals surface area contributed by atoms with Crippen molar-refractivity contribution in [3.05, 3.63) is 501 Å². The molecule has 6 heterocycles. The third-order valence-electron chi connectivity index (χ3n) is 27.8. The summed E-state index contributed by atoms with van der Waals surface area (Å²) in [6.45, 7) is 0. The van der Waals surface area contributed by atoms with Crippen LogP contribution in [-0.2, 0) is 5.41 Å². The van der Waals surface area contributed by atoms with Gasteiger partial charge < -0.3 is 4.42 Å². The molecule has 12 heteroatoms. The van der Waals surface area contributed by atoms with Gasteiger partial charge in [0.25, 0.3) is 0 Å². The fourth-order valence-electron chi connectivity index (χ4n) is 21.2. The van der Waals surface area contributed by atoms with E-state index in [-0.39, 0.29) is 0 Å². The van der Waals surface area contributed by atoms with Crippen molar-refractivity contribution >= 4 is 117 Å². The minimum absolute atomic E-state index is 0.457. The van der Waals surface area contributed by atoms with Crippen LogP contribution in [0.5, 0.6) is 0 Å². The number of furan rings is 1. The summed E-state index contributed by atoms with van der Waals surface area (Å²) in [5.41, 5.74) is 27.5. The third kappa shape index (κ3) is 14.3. The molecule has 142 heavy (non-hydrogen) atoms. The summed E-state index contributed by atoms with van der Waals surface area (Å²) >= 11 is 3.72. The molecule has 10 nitrogen and oxygen atoms in total. The molecule has 2 aliphatic carbocycles. The molecule has 0 radical (unpaired) electrons. The van der Waals surface area contributed by atoms with Gasteiger partial charge in [0.1, 0.15) is 11.2 Å². The van der Waals surface area contributed by atoms with Crippen LogP contribution >= 0.6 is 22.7 Å². The van der Waals surface area contributed by atoms with Crippen molar-refractivity contribution in [3.63, 3.8) is 0 Å². The van der Waals surface area contributed by atoms with E-state index in [4.69, 9.17) is 49.3 Å². The Bertz CT molecular complexity index is 9480. The summed E-state index contributed by atoms with van der Waals surface area (Å²) in [7, 11) is 0. The van der Waals surface area contributed by atoms with Crippen molar-refractivity contribution in [2.45, 2.75) is 5.41 Å². The quantitative estimate of drug-likeness (QED) is 0.117. The molecule has 0 N–H and O–H groups in total. The highest BCUT2D eigenvalue weighted by molar-refractivity contribution is 7.27. The average molecular weight is 1850 g/mol. The first-order chi connectivity index (χ1) is 70.4. The Labute approximate surface area is 825 Å². The second-order valence-corrected chi connectivity index (χ2v) is 38.0. The molecule has 0 saturated carbocycles. The summed E-state index contributed by atoms with van der Waals surface area (Å²) in [5.74, 6) is 5.93. The van der Waals surface area contributed by atoms with Gasteiger partial charge in [0.05, 0.1) is 5.41 Å². The molecular formula is C130H79N9OS2. The molecule has 0 atom stereocenters. The average Bonchev–Trinajstić information content (AvgIpc) is 1.50. The van der Waals surface area contributed by atoms with E-state index in [1.165, 1.54) is 123 Å². The summed E-state index contributed by atoms with van der Waals surface area (Å²) in [6, 6.07) is 168. The first kappa shape index (κ1) is 83.1. The van der Waals surface area contributed by atoms with Crippen molar-refractivity contribution in [1.29, 1.82) is 0 Å². The Kier molecular flexibility index (Phi) is 20.3. The van der Waals surface area contributed by atoms with E-state index in [2.05, 4.69) is 328 Å². The predicted molar refractivity (Wildman–Crippen MR) is 587 cm³/mol. The van der Waals surface area contributed by atoms with Crippen LogP contribution in [0.3, 0.4) is 0 Å². The summed E-state index contributed by atoms with van der Waals surface area (Å²) < 4.78 is 11.6. The SMILES string of the molecule is c1ccc(-c2ccc3sc4c5ccc(-c6nc(-c7ccccc7)nc(-c7ccccc7)n6)cc5ccc4c3c2)cc1.c1ccc(-c2nc(-c3ccc(-c4cccc5c4ccc4c6ccccc6oc54)cc3)nc(-c3ccc4c(c3)C3(c5ccccc5-c5ccccc53)c3ccccc3-4)n2)cc1.c1ccc(-c2nc(-c3ccccc3)nc(-c3cccc4c3ccc3c5cccc(-c6ccccc6)c5sc43)n2)cc1. The standard InChI is InChI=1S/C56H33N3O.2C37H23N3S/c1-2-13-35(14-3-1)53-57-54(36-27-25-34(26-28-36)38-19-12-20-45-39(38)31-32-46-44-18-7-11-24-51(44)60-52(45)46)59-55(58-53)37-29-30-43-42-17-6-10-23-49(42)56(50(43)33-37)47-21-8-4-15-40(47)41-16-5-9-22-48(41)56;1-4-12-24(13-5-1)27-18-10-20-30-31-23-22-28-29(34(31)41-33(27)30)19-11-21-32(28)37-39-35(25-14-6-2-7-15-25)38-36(40-37)26-16-8-3-9-17-26;1-4-10-24(11-5-1)27-18-21-33-32(23-27)31-20-16-28-22-29(17-19-30(28)34(31)41-33)37-39-35(25-12-6-2-7-13-25)38-36(40-37)26-14-8-3-9-15-26/h1-33H;2*1-23H. The van der Waals surface area contributed by atoms with Crippen molar-refractivity contribution in [1.82, 2.24) is 44.9 Å². The van der Waals surface area contributed by atoms with Crippen molar-refractivity contribution in [2.75, 3.05) is 0 Å². The molecule has 662 valence electrons. The third-order valence-corrected chi connectivity index (χ3v) is 30.3. The van der Waals surface area contributed by atoms with Gasteiger partial charge in [0.15, 0.2) is 52.4 Å². The lowest BCUT2D eigenvalue weighted by atomic mass is 9.70. The molecule has 0 amide bonds. The highest BCUT2D eigenvalue weighted by Gasteiger charge is 2.52. The molecule has 1 spiro atoms. The highest BCUT2D eigenvalue weighted by Crippen LogP contribution is 2.63. The molecule has 0 saturated heterocycles. The van der Waals surface area contributed by atoms with Crippen LogP contribution < -0.4 is 0 Å². The van der Waals surface area contributed by atoms with Gasteiger partial charge in [-0.1, -0.05) is 443 Å². The second kappa shape index (κ2) is 34.7. The smallest absolute Gasteiger partial charge is 0.164 e. The molecule has 6 aromatic heterocycles. The van der Waals surface area contributed by atoms with Crippen LogP contribution in [0.1, 0.15) is 22.3 Å². The first-order valence-corrected chi connectivity index (χ1v) is 49.3. The Hall–Kier alpha value is -18.3. The number of fused-ring (bicyclic) bond motifs is 25. The number of hydrogen-bond donors (Lipinski definition) is 0. The molecule has 0 bridgehead atoms. The van der Waals surface area contributed by atoms with Crippen LogP contribution in [0.15, 0.2) is 484 Å². The maximum atomic E-state index is 6.41. The van der Waals surface area contributed by atoms with Gasteiger partial charge in [-0.2, -0.15) is 0 Å². The predicted octanol–water partition coefficient (Wildman–Crippen LogP) is 34.1. The van der Waals surface area contributed by atoms with Crippen LogP contribution in [0.25, 0.3) is 253 Å². The Morgan fingerprint density at radius 2 is 0.486 bits per heavy atom. The van der Waals surface area contributed by atoms with Crippen LogP contribution in [0.2, 0.25) is 0 Å². The number of thiophene rings is 2. The lowest BCUT2D eigenvalue weighted by Crippen LogP contribution is -2.25. The number of nitrogens with zero attached hydrogens (tertiary/aromatic N) is 9. The number of hydrogen-bond acceptors (Lipinski definition) is 12. The Balaban J connectivity index is 0.000000110. The van der Waals surface area contributed by atoms with E-state index in [9.17, 15) is 0 Å². The lowest BCUT2D eigenvalue weighted by Gasteiger charge is -2.30. The topological polar surface area (TPSA) is 129 Å². The number of benzene rings is 21.